The standard InChI is InChI=1S/C17H15NOS.C15H10O2S.C15H10OS2.C12H10O3S.C10H8O3S/c1-2-18-14-6-4-3-5-11(14)12-10-17-13(9-15(12)18)16(19)7-8-20-17;16-12-5-6-18-15-8-10-9-3-1-2-4-13(9)17-14(10)7-11(12)15;16-12-5-6-17-14-7-10-9-3-1-2-4-13(9)18-15(10)8-11(12)14;13-9-1-3-15-11-5-8-10(14)2-4-16-12(8)6-7(9)11;11-7-1-2-14-10-4-9-8(3-6(7)10)12-5-13-9/h3-6,9-10H,2,7-8H2,1H3;2*1-4,7-8H,5-6H2;5-6H,1-4H2;3-4H,1-2,5H2. The van der Waals surface area contributed by atoms with Crippen molar-refractivity contribution in [1.29, 1.82) is 0 Å². The lowest BCUT2D eigenvalue weighted by Gasteiger charge is -2.21. The Labute approximate surface area is 519 Å². The predicted octanol–water partition coefficient (Wildman–Crippen LogP) is 17.9. The van der Waals surface area contributed by atoms with Crippen molar-refractivity contribution in [2.24, 2.45) is 0 Å². The fraction of sp³-hybridized carbons (Fsp3) is 0.217. The van der Waals surface area contributed by atoms with E-state index in [1.54, 1.807) is 82.3 Å². The van der Waals surface area contributed by atoms with Crippen molar-refractivity contribution in [3.05, 3.63) is 167 Å². The van der Waals surface area contributed by atoms with Crippen LogP contribution in [0.3, 0.4) is 0 Å². The first kappa shape index (κ1) is 56.6. The van der Waals surface area contributed by atoms with Crippen LogP contribution < -0.4 is 14.2 Å². The molecule has 3 aromatic heterocycles. The first-order valence-electron chi connectivity index (χ1n) is 28.6. The second-order valence-corrected chi connectivity index (χ2v) is 28.0. The largest absolute Gasteiger partial charge is 0.492 e. The van der Waals surface area contributed by atoms with E-state index in [2.05, 4.69) is 96.4 Å². The van der Waals surface area contributed by atoms with Crippen LogP contribution in [0, 0.1) is 0 Å². The van der Waals surface area contributed by atoms with Gasteiger partial charge in [0.05, 0.1) is 12.2 Å². The van der Waals surface area contributed by atoms with Crippen molar-refractivity contribution in [2.75, 3.05) is 42.2 Å². The van der Waals surface area contributed by atoms with Crippen molar-refractivity contribution in [2.45, 2.75) is 76.5 Å². The third-order valence-electron chi connectivity index (χ3n) is 16.0. The van der Waals surface area contributed by atoms with E-state index in [9.17, 15) is 28.8 Å². The maximum absolute atomic E-state index is 12.1. The molecule has 86 heavy (non-hydrogen) atoms. The molecule has 0 saturated carbocycles. The van der Waals surface area contributed by atoms with Crippen LogP contribution in [0.1, 0.15) is 108 Å². The quantitative estimate of drug-likeness (QED) is 0.153. The van der Waals surface area contributed by atoms with Gasteiger partial charge in [0.15, 0.2) is 46.2 Å². The molecule has 0 spiro atoms. The Morgan fingerprint density at radius 2 is 0.860 bits per heavy atom. The molecule has 11 aromatic rings. The number of fused-ring (bicyclic) bond motifs is 16. The number of hydrogen-bond acceptors (Lipinski definition) is 16. The molecule has 0 bridgehead atoms. The lowest BCUT2D eigenvalue weighted by Crippen LogP contribution is -2.17. The molecular weight excluding hydrogens is 1200 g/mol. The van der Waals surface area contributed by atoms with E-state index < -0.39 is 0 Å². The highest BCUT2D eigenvalue weighted by Gasteiger charge is 2.28. The number of ketones is 6. The van der Waals surface area contributed by atoms with Gasteiger partial charge in [-0.2, -0.15) is 0 Å². The topological polar surface area (TPSA) is 148 Å². The number of carbonyl (C=O) groups is 6. The number of aromatic nitrogens is 1. The molecule has 0 aliphatic carbocycles. The number of furan rings is 1. The molecule has 8 aromatic carbocycles. The molecule has 7 aliphatic rings. The third kappa shape index (κ3) is 10.8. The maximum atomic E-state index is 12.1. The van der Waals surface area contributed by atoms with Gasteiger partial charge in [0.25, 0.3) is 0 Å². The normalized spacial score (nSPS) is 16.3. The first-order valence-corrected chi connectivity index (χ1v) is 34.3. The van der Waals surface area contributed by atoms with Gasteiger partial charge in [0, 0.05) is 179 Å². The van der Waals surface area contributed by atoms with Gasteiger partial charge >= 0.3 is 0 Å². The number of benzene rings is 8. The summed E-state index contributed by atoms with van der Waals surface area (Å²) >= 11 is 10.5. The van der Waals surface area contributed by atoms with E-state index in [-0.39, 0.29) is 35.7 Å². The summed E-state index contributed by atoms with van der Waals surface area (Å²) in [6.45, 7) is 3.76. The van der Waals surface area contributed by atoms with E-state index in [4.69, 9.17) is 18.6 Å². The minimum absolute atomic E-state index is 0.114. The lowest BCUT2D eigenvalue weighted by molar-refractivity contribution is 0.0925. The highest BCUT2D eigenvalue weighted by molar-refractivity contribution is 8.00. The lowest BCUT2D eigenvalue weighted by atomic mass is 10.00. The van der Waals surface area contributed by atoms with E-state index in [0.29, 0.717) is 73.5 Å². The van der Waals surface area contributed by atoms with Gasteiger partial charge in [-0.25, -0.2) is 0 Å². The Hall–Kier alpha value is -7.25. The molecule has 0 amide bonds. The van der Waals surface area contributed by atoms with E-state index in [1.165, 1.54) is 42.0 Å². The fourth-order valence-electron chi connectivity index (χ4n) is 11.8. The average Bonchev–Trinajstić information content (AvgIpc) is 2.07. The SMILES string of the molecule is CCn1c2ccccc2c2cc3c(cc21)C(=O)CCS3.O=C1CCOc2cc3c(cc21)SCCC3=O.O=C1CCSc2cc3c(cc21)OCO3.O=C1CCSc2cc3c(cc21)oc1ccccc13.O=C1CCSc2cc3c(cc21)sc1ccccc13. The maximum Gasteiger partial charge on any atom is 0.231 e. The summed E-state index contributed by atoms with van der Waals surface area (Å²) in [5.74, 6) is 7.68. The number of thiophene rings is 1. The molecule has 0 fully saturated rings. The molecule has 430 valence electrons. The monoisotopic (exact) mass is 1250 g/mol. The number of Topliss-reactive ketones (excluding diaryl/α,β-unsaturated/α-hetero) is 6. The van der Waals surface area contributed by atoms with Crippen LogP contribution in [-0.4, -0.2) is 81.4 Å². The second kappa shape index (κ2) is 24.1. The number of thioether (sulfide) groups is 5. The zero-order valence-corrected chi connectivity index (χ0v) is 51.5. The number of nitrogens with zero attached hydrogens (tertiary/aromatic N) is 1. The molecule has 0 atom stereocenters. The Morgan fingerprint density at radius 3 is 1.51 bits per heavy atom. The first-order chi connectivity index (χ1) is 42.0. The summed E-state index contributed by atoms with van der Waals surface area (Å²) in [7, 11) is 0. The summed E-state index contributed by atoms with van der Waals surface area (Å²) in [4.78, 5) is 76.2. The van der Waals surface area contributed by atoms with Crippen LogP contribution in [0.4, 0.5) is 0 Å². The molecule has 0 radical (unpaired) electrons. The van der Waals surface area contributed by atoms with Crippen molar-refractivity contribution in [3.63, 3.8) is 0 Å². The van der Waals surface area contributed by atoms with Crippen LogP contribution in [-0.2, 0) is 6.54 Å². The van der Waals surface area contributed by atoms with Crippen molar-refractivity contribution >= 4 is 169 Å². The van der Waals surface area contributed by atoms with Gasteiger partial charge < -0.3 is 23.2 Å². The molecule has 0 saturated heterocycles. The molecule has 10 heterocycles. The summed E-state index contributed by atoms with van der Waals surface area (Å²) in [5.41, 5.74) is 8.91. The molecule has 7 aliphatic heterocycles. The van der Waals surface area contributed by atoms with Gasteiger partial charge in [-0.05, 0) is 85.8 Å². The van der Waals surface area contributed by atoms with Crippen LogP contribution in [0.2, 0.25) is 0 Å². The number of aryl methyl sites for hydroxylation is 1. The zero-order valence-electron chi connectivity index (χ0n) is 46.6. The average molecular weight is 1250 g/mol. The number of rotatable bonds is 1. The van der Waals surface area contributed by atoms with Gasteiger partial charge in [0.1, 0.15) is 16.9 Å². The second-order valence-electron chi connectivity index (χ2n) is 21.2. The van der Waals surface area contributed by atoms with Gasteiger partial charge in [0.2, 0.25) is 6.79 Å². The summed E-state index contributed by atoms with van der Waals surface area (Å²) in [5, 5.41) is 7.37. The van der Waals surface area contributed by atoms with E-state index in [0.717, 1.165) is 110 Å². The van der Waals surface area contributed by atoms with Crippen molar-refractivity contribution in [3.8, 4) is 17.2 Å². The summed E-state index contributed by atoms with van der Waals surface area (Å²) < 4.78 is 26.5. The minimum Gasteiger partial charge on any atom is -0.492 e. The number of carbonyl (C=O) groups excluding carboxylic acids is 6. The Bertz CT molecular complexity index is 4490. The molecule has 0 unspecified atom stereocenters. The molecule has 18 rings (SSSR count). The smallest absolute Gasteiger partial charge is 0.231 e. The van der Waals surface area contributed by atoms with E-state index >= 15 is 0 Å². The predicted molar refractivity (Wildman–Crippen MR) is 350 cm³/mol. The van der Waals surface area contributed by atoms with Crippen LogP contribution in [0.25, 0.3) is 63.9 Å². The highest BCUT2D eigenvalue weighted by atomic mass is 32.2. The number of ether oxygens (including phenoxy) is 3. The molecule has 0 N–H and O–H groups in total. The van der Waals surface area contributed by atoms with Crippen LogP contribution in [0.15, 0.2) is 162 Å². The van der Waals surface area contributed by atoms with Crippen LogP contribution in [0.5, 0.6) is 17.2 Å². The van der Waals surface area contributed by atoms with Crippen molar-refractivity contribution in [1.82, 2.24) is 4.57 Å². The van der Waals surface area contributed by atoms with Gasteiger partial charge in [-0.3, -0.25) is 28.8 Å². The zero-order chi connectivity index (χ0) is 58.6. The highest BCUT2D eigenvalue weighted by Crippen LogP contribution is 2.44. The molecule has 11 nitrogen and oxygen atoms in total. The molecule has 17 heteroatoms. The summed E-state index contributed by atoms with van der Waals surface area (Å²) in [6, 6.07) is 44.8. The number of para-hydroxylation sites is 2. The Balaban J connectivity index is 0.0000000954. The minimum atomic E-state index is 0.114. The Kier molecular flexibility index (Phi) is 15.9. The van der Waals surface area contributed by atoms with Gasteiger partial charge in [-0.15, -0.1) is 70.1 Å². The van der Waals surface area contributed by atoms with Crippen LogP contribution >= 0.6 is 70.1 Å². The van der Waals surface area contributed by atoms with Gasteiger partial charge in [-0.1, -0.05) is 54.6 Å². The Morgan fingerprint density at radius 1 is 0.372 bits per heavy atom. The third-order valence-corrected chi connectivity index (χ3v) is 22.4. The fourth-order valence-corrected chi connectivity index (χ4v) is 18.1. The number of hydrogen-bond donors (Lipinski definition) is 0. The summed E-state index contributed by atoms with van der Waals surface area (Å²) in [6.07, 6.45) is 3.60. The van der Waals surface area contributed by atoms with Crippen molar-refractivity contribution < 1.29 is 47.4 Å². The molecular formula is C69H53NO10S6. The van der Waals surface area contributed by atoms with E-state index in [1.807, 2.05) is 36.4 Å².